The van der Waals surface area contributed by atoms with Gasteiger partial charge in [0.25, 0.3) is 0 Å². The van der Waals surface area contributed by atoms with Crippen LogP contribution in [0.25, 0.3) is 0 Å². The molecular formula is C11H16BrNO2. The summed E-state index contributed by atoms with van der Waals surface area (Å²) in [5.74, 6) is 0.670. The van der Waals surface area contributed by atoms with Crippen molar-refractivity contribution in [3.8, 4) is 5.75 Å². The Morgan fingerprint density at radius 2 is 1.73 bits per heavy atom. The maximum atomic E-state index is 9.53. The zero-order valence-corrected chi connectivity index (χ0v) is 11.0. The van der Waals surface area contributed by atoms with Gasteiger partial charge in [-0.15, -0.1) is 0 Å². The predicted molar refractivity (Wildman–Crippen MR) is 64.1 cm³/mol. The molecule has 0 spiro atoms. The van der Waals surface area contributed by atoms with Crippen molar-refractivity contribution in [3.63, 3.8) is 0 Å². The Kier molecular flexibility index (Phi) is 3.76. The summed E-state index contributed by atoms with van der Waals surface area (Å²) in [7, 11) is 1.58. The van der Waals surface area contributed by atoms with E-state index in [4.69, 9.17) is 10.5 Å². The van der Waals surface area contributed by atoms with Gasteiger partial charge in [-0.05, 0) is 37.5 Å². The van der Waals surface area contributed by atoms with E-state index in [9.17, 15) is 5.11 Å². The molecule has 0 radical (unpaired) electrons. The first-order valence-electron chi connectivity index (χ1n) is 4.68. The SMILES string of the molecule is COc1c(C)c(C)c(Br)c(C)c1C(N)O. The fraction of sp³-hybridized carbons (Fsp3) is 0.455. The summed E-state index contributed by atoms with van der Waals surface area (Å²) in [5.41, 5.74) is 9.20. The topological polar surface area (TPSA) is 55.5 Å². The second kappa shape index (κ2) is 4.51. The summed E-state index contributed by atoms with van der Waals surface area (Å²) in [6.45, 7) is 5.86. The second-order valence-corrected chi connectivity index (χ2v) is 4.37. The van der Waals surface area contributed by atoms with Gasteiger partial charge in [-0.1, -0.05) is 15.9 Å². The number of rotatable bonds is 2. The first-order valence-corrected chi connectivity index (χ1v) is 5.47. The Morgan fingerprint density at radius 3 is 2.13 bits per heavy atom. The van der Waals surface area contributed by atoms with Gasteiger partial charge in [-0.3, -0.25) is 0 Å². The van der Waals surface area contributed by atoms with Crippen LogP contribution in [0, 0.1) is 20.8 Å². The second-order valence-electron chi connectivity index (χ2n) is 3.58. The Hall–Kier alpha value is -0.580. The molecule has 0 aromatic heterocycles. The van der Waals surface area contributed by atoms with Crippen LogP contribution in [0.4, 0.5) is 0 Å². The molecule has 0 aliphatic rings. The van der Waals surface area contributed by atoms with Gasteiger partial charge in [0.15, 0.2) is 0 Å². The van der Waals surface area contributed by atoms with Crippen LogP contribution in [0.15, 0.2) is 4.47 Å². The van der Waals surface area contributed by atoms with E-state index in [0.717, 1.165) is 21.2 Å². The number of methoxy groups -OCH3 is 1. The van der Waals surface area contributed by atoms with Crippen molar-refractivity contribution in [2.45, 2.75) is 27.0 Å². The molecule has 1 aromatic rings. The lowest BCUT2D eigenvalue weighted by molar-refractivity contribution is 0.180. The molecule has 1 unspecified atom stereocenters. The van der Waals surface area contributed by atoms with E-state index in [2.05, 4.69) is 15.9 Å². The zero-order chi connectivity index (χ0) is 11.7. The highest BCUT2D eigenvalue weighted by molar-refractivity contribution is 9.10. The molecule has 0 fully saturated rings. The van der Waals surface area contributed by atoms with Crippen molar-refractivity contribution in [1.29, 1.82) is 0 Å². The molecule has 84 valence electrons. The van der Waals surface area contributed by atoms with Crippen molar-refractivity contribution in [1.82, 2.24) is 0 Å². The fourth-order valence-corrected chi connectivity index (χ4v) is 2.24. The Labute approximate surface area is 98.4 Å². The molecule has 0 saturated heterocycles. The van der Waals surface area contributed by atoms with Crippen LogP contribution in [0.5, 0.6) is 5.75 Å². The first-order chi connectivity index (χ1) is 6.91. The Morgan fingerprint density at radius 1 is 1.20 bits per heavy atom. The maximum Gasteiger partial charge on any atom is 0.132 e. The summed E-state index contributed by atoms with van der Waals surface area (Å²) in [4.78, 5) is 0. The third-order valence-electron chi connectivity index (χ3n) is 2.71. The molecule has 1 aromatic carbocycles. The van der Waals surface area contributed by atoms with Crippen LogP contribution in [-0.4, -0.2) is 12.2 Å². The normalized spacial score (nSPS) is 12.7. The monoisotopic (exact) mass is 273 g/mol. The first kappa shape index (κ1) is 12.5. The van der Waals surface area contributed by atoms with Crippen LogP contribution in [-0.2, 0) is 0 Å². The van der Waals surface area contributed by atoms with E-state index in [0.29, 0.717) is 11.3 Å². The lowest BCUT2D eigenvalue weighted by atomic mass is 9.98. The Bertz CT molecular complexity index is 389. The van der Waals surface area contributed by atoms with E-state index in [1.807, 2.05) is 20.8 Å². The molecule has 1 atom stereocenters. The van der Waals surface area contributed by atoms with Gasteiger partial charge in [0.05, 0.1) is 7.11 Å². The maximum absolute atomic E-state index is 9.53. The quantitative estimate of drug-likeness (QED) is 0.814. The van der Waals surface area contributed by atoms with Gasteiger partial charge in [0.2, 0.25) is 0 Å². The van der Waals surface area contributed by atoms with Crippen LogP contribution in [0.3, 0.4) is 0 Å². The lowest BCUT2D eigenvalue weighted by Crippen LogP contribution is -2.14. The number of halogens is 1. The van der Waals surface area contributed by atoms with Crippen molar-refractivity contribution in [2.24, 2.45) is 5.73 Å². The van der Waals surface area contributed by atoms with E-state index in [1.54, 1.807) is 7.11 Å². The highest BCUT2D eigenvalue weighted by atomic mass is 79.9. The third-order valence-corrected chi connectivity index (χ3v) is 3.90. The van der Waals surface area contributed by atoms with E-state index >= 15 is 0 Å². The largest absolute Gasteiger partial charge is 0.496 e. The summed E-state index contributed by atoms with van der Waals surface area (Å²) in [6, 6.07) is 0. The number of hydrogen-bond acceptors (Lipinski definition) is 3. The van der Waals surface area contributed by atoms with Crippen molar-refractivity contribution >= 4 is 15.9 Å². The van der Waals surface area contributed by atoms with Crippen LogP contribution in [0.1, 0.15) is 28.5 Å². The van der Waals surface area contributed by atoms with Crippen LogP contribution < -0.4 is 10.5 Å². The van der Waals surface area contributed by atoms with Crippen LogP contribution in [0.2, 0.25) is 0 Å². The van der Waals surface area contributed by atoms with Crippen molar-refractivity contribution in [3.05, 3.63) is 26.7 Å². The van der Waals surface area contributed by atoms with Crippen molar-refractivity contribution < 1.29 is 9.84 Å². The molecule has 1 rings (SSSR count). The smallest absolute Gasteiger partial charge is 0.132 e. The summed E-state index contributed by atoms with van der Waals surface area (Å²) >= 11 is 3.49. The number of aliphatic hydroxyl groups excluding tert-OH is 1. The van der Waals surface area contributed by atoms with Crippen molar-refractivity contribution in [2.75, 3.05) is 7.11 Å². The third kappa shape index (κ3) is 2.02. The molecule has 3 N–H and O–H groups in total. The minimum Gasteiger partial charge on any atom is -0.496 e. The van der Waals surface area contributed by atoms with Crippen LogP contribution >= 0.6 is 15.9 Å². The molecule has 0 bridgehead atoms. The molecular weight excluding hydrogens is 258 g/mol. The van der Waals surface area contributed by atoms with Gasteiger partial charge < -0.3 is 15.6 Å². The fourth-order valence-electron chi connectivity index (χ4n) is 1.73. The minimum atomic E-state index is -1.02. The highest BCUT2D eigenvalue weighted by Gasteiger charge is 2.19. The standard InChI is InChI=1S/C11H16BrNO2/c1-5-6(2)10(15-4)8(11(13)14)7(3)9(5)12/h11,14H,13H2,1-4H3. The van der Waals surface area contributed by atoms with E-state index in [1.165, 1.54) is 0 Å². The summed E-state index contributed by atoms with van der Waals surface area (Å²) < 4.78 is 6.27. The Balaban J connectivity index is 3.62. The van der Waals surface area contributed by atoms with E-state index < -0.39 is 6.23 Å². The van der Waals surface area contributed by atoms with Gasteiger partial charge in [0.1, 0.15) is 12.0 Å². The number of hydrogen-bond donors (Lipinski definition) is 2. The molecule has 3 nitrogen and oxygen atoms in total. The molecule has 4 heteroatoms. The van der Waals surface area contributed by atoms with E-state index in [-0.39, 0.29) is 0 Å². The average Bonchev–Trinajstić information content (AvgIpc) is 2.19. The summed E-state index contributed by atoms with van der Waals surface area (Å²) in [5, 5.41) is 9.53. The molecule has 0 heterocycles. The number of aliphatic hydroxyl groups is 1. The average molecular weight is 274 g/mol. The molecule has 15 heavy (non-hydrogen) atoms. The number of nitrogens with two attached hydrogens (primary N) is 1. The number of benzene rings is 1. The minimum absolute atomic E-state index is 0.646. The van der Waals surface area contributed by atoms with Gasteiger partial charge in [-0.2, -0.15) is 0 Å². The molecule has 0 aliphatic carbocycles. The van der Waals surface area contributed by atoms with Gasteiger partial charge in [-0.25, -0.2) is 0 Å². The molecule has 0 saturated carbocycles. The number of ether oxygens (including phenoxy) is 1. The predicted octanol–water partition coefficient (Wildman–Crippen LogP) is 2.33. The van der Waals surface area contributed by atoms with Gasteiger partial charge >= 0.3 is 0 Å². The summed E-state index contributed by atoms with van der Waals surface area (Å²) in [6.07, 6.45) is -1.02. The lowest BCUT2D eigenvalue weighted by Gasteiger charge is -2.20. The van der Waals surface area contributed by atoms with Gasteiger partial charge in [0, 0.05) is 10.0 Å². The molecule has 0 amide bonds. The highest BCUT2D eigenvalue weighted by Crippen LogP contribution is 2.37. The molecule has 0 aliphatic heterocycles. The zero-order valence-electron chi connectivity index (χ0n) is 9.39.